The van der Waals surface area contributed by atoms with Crippen molar-refractivity contribution in [2.75, 3.05) is 6.54 Å². The molecule has 128 valence electrons. The van der Waals surface area contributed by atoms with Crippen molar-refractivity contribution in [3.63, 3.8) is 0 Å². The van der Waals surface area contributed by atoms with E-state index in [4.69, 9.17) is 5.73 Å². The third-order valence-electron chi connectivity index (χ3n) is 4.66. The molecule has 0 bridgehead atoms. The molecule has 1 aromatic carbocycles. The fourth-order valence-corrected chi connectivity index (χ4v) is 4.21. The van der Waals surface area contributed by atoms with Crippen LogP contribution in [0.15, 0.2) is 30.3 Å². The predicted octanol–water partition coefficient (Wildman–Crippen LogP) is 5.83. The highest BCUT2D eigenvalue weighted by molar-refractivity contribution is 7.15. The molecule has 2 aromatic heterocycles. The topological polar surface area (TPSA) is 41.8 Å². The summed E-state index contributed by atoms with van der Waals surface area (Å²) in [6.45, 7) is 5.20. The molecule has 0 spiro atoms. The third kappa shape index (κ3) is 3.73. The Labute approximate surface area is 149 Å². The Morgan fingerprint density at radius 3 is 2.62 bits per heavy atom. The van der Waals surface area contributed by atoms with Gasteiger partial charge in [-0.15, -0.1) is 11.3 Å². The number of hydrogen-bond acceptors (Lipinski definition) is 2. The number of nitrogens with two attached hydrogens (primary N) is 1. The smallest absolute Gasteiger partial charge is 0.0598 e. The second-order valence-corrected chi connectivity index (χ2v) is 7.91. The van der Waals surface area contributed by atoms with Gasteiger partial charge in [0, 0.05) is 15.8 Å². The van der Waals surface area contributed by atoms with E-state index < -0.39 is 0 Å². The Hall–Kier alpha value is -1.58. The summed E-state index contributed by atoms with van der Waals surface area (Å²) in [6, 6.07) is 11.4. The van der Waals surface area contributed by atoms with Gasteiger partial charge in [0.15, 0.2) is 0 Å². The molecular weight excluding hydrogens is 312 g/mol. The summed E-state index contributed by atoms with van der Waals surface area (Å²) in [5.41, 5.74) is 11.2. The first-order valence-electron chi connectivity index (χ1n) is 9.13. The van der Waals surface area contributed by atoms with Gasteiger partial charge in [-0.2, -0.15) is 0 Å². The lowest BCUT2D eigenvalue weighted by atomic mass is 10.0. The molecule has 0 radical (unpaired) electrons. The van der Waals surface area contributed by atoms with Crippen molar-refractivity contribution in [3.8, 4) is 10.6 Å². The number of rotatable bonds is 8. The molecule has 0 atom stereocenters. The Kier molecular flexibility index (Phi) is 5.75. The van der Waals surface area contributed by atoms with E-state index in [9.17, 15) is 0 Å². The van der Waals surface area contributed by atoms with Gasteiger partial charge in [-0.05, 0) is 81.0 Å². The number of unbranched alkanes of at least 4 members (excludes halogenated alkanes) is 2. The van der Waals surface area contributed by atoms with Crippen LogP contribution in [0.2, 0.25) is 0 Å². The molecule has 0 amide bonds. The highest BCUT2D eigenvalue weighted by atomic mass is 32.1. The molecule has 0 saturated heterocycles. The number of nitrogens with one attached hydrogen (secondary N) is 1. The maximum absolute atomic E-state index is 5.71. The van der Waals surface area contributed by atoms with Gasteiger partial charge in [-0.25, -0.2) is 0 Å². The van der Waals surface area contributed by atoms with Crippen LogP contribution in [0.3, 0.4) is 0 Å². The summed E-state index contributed by atoms with van der Waals surface area (Å²) in [4.78, 5) is 6.39. The van der Waals surface area contributed by atoms with Gasteiger partial charge in [-0.3, -0.25) is 0 Å². The van der Waals surface area contributed by atoms with Crippen molar-refractivity contribution < 1.29 is 0 Å². The molecule has 3 aromatic rings. The summed E-state index contributed by atoms with van der Waals surface area (Å²) in [5, 5.41) is 1.40. The lowest BCUT2D eigenvalue weighted by molar-refractivity contribution is 0.748. The Balaban J connectivity index is 2.03. The fourth-order valence-electron chi connectivity index (χ4n) is 3.32. The van der Waals surface area contributed by atoms with Gasteiger partial charge >= 0.3 is 0 Å². The van der Waals surface area contributed by atoms with E-state index in [0.717, 1.165) is 25.8 Å². The largest absolute Gasteiger partial charge is 0.354 e. The SMILES string of the molecule is CCCCc1ccc2[nH]c(-c3ccc(C)s3)c(CCCCN)c2c1. The van der Waals surface area contributed by atoms with E-state index in [2.05, 4.69) is 49.2 Å². The maximum Gasteiger partial charge on any atom is 0.0598 e. The molecule has 0 aliphatic heterocycles. The zero-order valence-corrected chi connectivity index (χ0v) is 15.6. The van der Waals surface area contributed by atoms with Crippen LogP contribution in [0, 0.1) is 6.92 Å². The van der Waals surface area contributed by atoms with Crippen LogP contribution in [-0.2, 0) is 12.8 Å². The number of H-pyrrole nitrogens is 1. The number of fused-ring (bicyclic) bond motifs is 1. The average Bonchev–Trinajstić information content (AvgIpc) is 3.17. The van der Waals surface area contributed by atoms with E-state index in [1.807, 2.05) is 11.3 Å². The highest BCUT2D eigenvalue weighted by Crippen LogP contribution is 2.35. The third-order valence-corrected chi connectivity index (χ3v) is 5.68. The minimum absolute atomic E-state index is 0.775. The van der Waals surface area contributed by atoms with Crippen molar-refractivity contribution in [2.24, 2.45) is 5.73 Å². The minimum atomic E-state index is 0.775. The minimum Gasteiger partial charge on any atom is -0.354 e. The fraction of sp³-hybridized carbons (Fsp3) is 0.429. The molecule has 2 heterocycles. The van der Waals surface area contributed by atoms with Crippen molar-refractivity contribution >= 4 is 22.2 Å². The summed E-state index contributed by atoms with van der Waals surface area (Å²) in [7, 11) is 0. The van der Waals surface area contributed by atoms with Crippen molar-refractivity contribution in [3.05, 3.63) is 46.3 Å². The van der Waals surface area contributed by atoms with E-state index in [0.29, 0.717) is 0 Å². The van der Waals surface area contributed by atoms with Gasteiger partial charge in [0.05, 0.1) is 10.6 Å². The standard InChI is InChI=1S/C21H28N2S/c1-3-4-7-16-10-11-19-18(14-16)17(8-5-6-13-22)21(23-19)20-12-9-15(2)24-20/h9-12,14,23H,3-8,13,22H2,1-2H3. The first kappa shape index (κ1) is 17.2. The summed E-state index contributed by atoms with van der Waals surface area (Å²) >= 11 is 1.87. The van der Waals surface area contributed by atoms with E-state index in [1.54, 1.807) is 0 Å². The second kappa shape index (κ2) is 8.00. The van der Waals surface area contributed by atoms with E-state index in [1.165, 1.54) is 56.7 Å². The van der Waals surface area contributed by atoms with Gasteiger partial charge < -0.3 is 10.7 Å². The highest BCUT2D eigenvalue weighted by Gasteiger charge is 2.14. The maximum atomic E-state index is 5.71. The van der Waals surface area contributed by atoms with Gasteiger partial charge in [0.2, 0.25) is 0 Å². The van der Waals surface area contributed by atoms with Crippen LogP contribution in [0.1, 0.15) is 48.6 Å². The quantitative estimate of drug-likeness (QED) is 0.498. The molecule has 0 unspecified atom stereocenters. The molecule has 0 fully saturated rings. The number of benzene rings is 1. The Bertz CT molecular complexity index is 797. The molecule has 24 heavy (non-hydrogen) atoms. The number of thiophene rings is 1. The number of aromatic nitrogens is 1. The summed E-state index contributed by atoms with van der Waals surface area (Å²) < 4.78 is 0. The van der Waals surface area contributed by atoms with Crippen LogP contribution < -0.4 is 5.73 Å². The molecule has 2 nitrogen and oxygen atoms in total. The summed E-state index contributed by atoms with van der Waals surface area (Å²) in [6.07, 6.45) is 7.02. The monoisotopic (exact) mass is 340 g/mol. The molecule has 0 aliphatic carbocycles. The predicted molar refractivity (Wildman–Crippen MR) is 107 cm³/mol. The zero-order chi connectivity index (χ0) is 16.9. The normalized spacial score (nSPS) is 11.5. The first-order chi connectivity index (χ1) is 11.7. The van der Waals surface area contributed by atoms with E-state index in [-0.39, 0.29) is 0 Å². The number of hydrogen-bond donors (Lipinski definition) is 2. The lowest BCUT2D eigenvalue weighted by Gasteiger charge is -2.05. The van der Waals surface area contributed by atoms with Crippen LogP contribution >= 0.6 is 11.3 Å². The Morgan fingerprint density at radius 1 is 1.04 bits per heavy atom. The zero-order valence-electron chi connectivity index (χ0n) is 14.8. The molecule has 0 aliphatic rings. The Morgan fingerprint density at radius 2 is 1.92 bits per heavy atom. The first-order valence-corrected chi connectivity index (χ1v) is 9.95. The lowest BCUT2D eigenvalue weighted by Crippen LogP contribution is -1.99. The van der Waals surface area contributed by atoms with Gasteiger partial charge in [-0.1, -0.05) is 19.4 Å². The average molecular weight is 341 g/mol. The van der Waals surface area contributed by atoms with Crippen LogP contribution in [0.4, 0.5) is 0 Å². The number of aryl methyl sites for hydroxylation is 3. The van der Waals surface area contributed by atoms with Crippen molar-refractivity contribution in [1.29, 1.82) is 0 Å². The second-order valence-electron chi connectivity index (χ2n) is 6.62. The van der Waals surface area contributed by atoms with Crippen LogP contribution in [-0.4, -0.2) is 11.5 Å². The molecule has 3 N–H and O–H groups in total. The molecule has 3 rings (SSSR count). The molecule has 3 heteroatoms. The van der Waals surface area contributed by atoms with Gasteiger partial charge in [0.1, 0.15) is 0 Å². The van der Waals surface area contributed by atoms with Gasteiger partial charge in [0.25, 0.3) is 0 Å². The number of aromatic amines is 1. The van der Waals surface area contributed by atoms with Crippen molar-refractivity contribution in [1.82, 2.24) is 4.98 Å². The molecule has 0 saturated carbocycles. The van der Waals surface area contributed by atoms with Crippen LogP contribution in [0.25, 0.3) is 21.5 Å². The van der Waals surface area contributed by atoms with Crippen LogP contribution in [0.5, 0.6) is 0 Å². The molecular formula is C21H28N2S. The van der Waals surface area contributed by atoms with Crippen molar-refractivity contribution in [2.45, 2.75) is 52.4 Å². The van der Waals surface area contributed by atoms with E-state index >= 15 is 0 Å². The summed E-state index contributed by atoms with van der Waals surface area (Å²) in [5.74, 6) is 0.